The van der Waals surface area contributed by atoms with Gasteiger partial charge in [0.1, 0.15) is 4.99 Å². The average Bonchev–Trinajstić information content (AvgIpc) is 2.34. The Balaban J connectivity index is 2.93. The molecule has 1 aromatic heterocycles. The van der Waals surface area contributed by atoms with Gasteiger partial charge in [-0.1, -0.05) is 19.1 Å². The van der Waals surface area contributed by atoms with Gasteiger partial charge in [0.05, 0.1) is 11.9 Å². The molecule has 2 N–H and O–H groups in total. The molecule has 0 saturated heterocycles. The number of aromatic nitrogens is 1. The van der Waals surface area contributed by atoms with Crippen LogP contribution in [-0.2, 0) is 0 Å². The van der Waals surface area contributed by atoms with E-state index in [2.05, 4.69) is 35.8 Å². The first kappa shape index (κ1) is 14.9. The van der Waals surface area contributed by atoms with Gasteiger partial charge in [0.15, 0.2) is 0 Å². The summed E-state index contributed by atoms with van der Waals surface area (Å²) in [4.78, 5) is 9.08. The zero-order valence-electron chi connectivity index (χ0n) is 11.4. The molecule has 0 atom stereocenters. The number of rotatable bonds is 7. The summed E-state index contributed by atoms with van der Waals surface area (Å²) in [6.07, 6.45) is 4.66. The molecular weight excluding hydrogens is 244 g/mol. The van der Waals surface area contributed by atoms with Crippen LogP contribution in [0.15, 0.2) is 18.5 Å². The molecule has 0 aromatic carbocycles. The molecule has 1 rings (SSSR count). The first-order valence-corrected chi connectivity index (χ1v) is 6.60. The third-order valence-corrected chi connectivity index (χ3v) is 2.94. The van der Waals surface area contributed by atoms with E-state index in [0.717, 1.165) is 37.3 Å². The number of nitrogens with zero attached hydrogens (tertiary/aromatic N) is 3. The van der Waals surface area contributed by atoms with Gasteiger partial charge in [0.25, 0.3) is 0 Å². The van der Waals surface area contributed by atoms with Crippen LogP contribution in [0.2, 0.25) is 0 Å². The Morgan fingerprint density at radius 3 is 2.61 bits per heavy atom. The minimum atomic E-state index is 0.429. The fraction of sp³-hybridized carbons (Fsp3) is 0.538. The van der Waals surface area contributed by atoms with Crippen molar-refractivity contribution in [3.63, 3.8) is 0 Å². The summed E-state index contributed by atoms with van der Waals surface area (Å²) < 4.78 is 0. The van der Waals surface area contributed by atoms with Crippen molar-refractivity contribution in [2.75, 3.05) is 38.6 Å². The lowest BCUT2D eigenvalue weighted by molar-refractivity contribution is 0.413. The highest BCUT2D eigenvalue weighted by atomic mass is 32.1. The number of likely N-dealkylation sites (N-methyl/N-ethyl adjacent to an activating group) is 1. The van der Waals surface area contributed by atoms with Gasteiger partial charge in [-0.15, -0.1) is 0 Å². The van der Waals surface area contributed by atoms with E-state index in [9.17, 15) is 0 Å². The summed E-state index contributed by atoms with van der Waals surface area (Å²) in [5.41, 5.74) is 7.72. The fourth-order valence-corrected chi connectivity index (χ4v) is 1.96. The Bertz CT molecular complexity index is 392. The molecule has 1 heterocycles. The second-order valence-electron chi connectivity index (χ2n) is 4.55. The molecule has 5 heteroatoms. The highest BCUT2D eigenvalue weighted by molar-refractivity contribution is 7.80. The summed E-state index contributed by atoms with van der Waals surface area (Å²) in [5, 5.41) is 0. The number of hydrogen-bond acceptors (Lipinski definition) is 4. The second kappa shape index (κ2) is 7.28. The predicted octanol–water partition coefficient (Wildman–Crippen LogP) is 1.49. The van der Waals surface area contributed by atoms with Gasteiger partial charge >= 0.3 is 0 Å². The van der Waals surface area contributed by atoms with E-state index in [4.69, 9.17) is 18.0 Å². The van der Waals surface area contributed by atoms with E-state index in [1.165, 1.54) is 0 Å². The van der Waals surface area contributed by atoms with Crippen molar-refractivity contribution in [2.45, 2.75) is 13.3 Å². The van der Waals surface area contributed by atoms with Crippen LogP contribution in [-0.4, -0.2) is 48.6 Å². The number of pyridine rings is 1. The quantitative estimate of drug-likeness (QED) is 0.758. The molecule has 0 fully saturated rings. The Morgan fingerprint density at radius 1 is 1.33 bits per heavy atom. The number of thiocarbonyl (C=S) groups is 1. The van der Waals surface area contributed by atoms with Crippen LogP contribution in [0.4, 0.5) is 5.69 Å². The number of hydrogen-bond donors (Lipinski definition) is 1. The van der Waals surface area contributed by atoms with Gasteiger partial charge in [-0.3, -0.25) is 4.98 Å². The predicted molar refractivity (Wildman–Crippen MR) is 81.2 cm³/mol. The molecule has 0 saturated carbocycles. The maximum Gasteiger partial charge on any atom is 0.106 e. The summed E-state index contributed by atoms with van der Waals surface area (Å²) in [6, 6.07) is 1.88. The lowest BCUT2D eigenvalue weighted by atomic mass is 10.2. The van der Waals surface area contributed by atoms with Crippen LogP contribution in [0.3, 0.4) is 0 Å². The first-order valence-electron chi connectivity index (χ1n) is 6.19. The molecule has 0 spiro atoms. The summed E-state index contributed by atoms with van der Waals surface area (Å²) in [5.74, 6) is 0. The maximum atomic E-state index is 5.77. The minimum Gasteiger partial charge on any atom is -0.389 e. The maximum absolute atomic E-state index is 5.77. The largest absolute Gasteiger partial charge is 0.389 e. The van der Waals surface area contributed by atoms with Crippen molar-refractivity contribution in [1.29, 1.82) is 0 Å². The van der Waals surface area contributed by atoms with Crippen molar-refractivity contribution in [1.82, 2.24) is 9.88 Å². The zero-order chi connectivity index (χ0) is 13.5. The topological polar surface area (TPSA) is 45.4 Å². The van der Waals surface area contributed by atoms with Crippen LogP contribution in [0, 0.1) is 0 Å². The third-order valence-electron chi connectivity index (χ3n) is 2.72. The third kappa shape index (κ3) is 4.23. The zero-order valence-corrected chi connectivity index (χ0v) is 12.2. The molecule has 0 bridgehead atoms. The van der Waals surface area contributed by atoms with Gasteiger partial charge in [-0.05, 0) is 26.6 Å². The highest BCUT2D eigenvalue weighted by Gasteiger charge is 2.12. The molecule has 0 aliphatic rings. The summed E-state index contributed by atoms with van der Waals surface area (Å²) in [7, 11) is 4.14. The van der Waals surface area contributed by atoms with E-state index in [0.29, 0.717) is 4.99 Å². The Morgan fingerprint density at radius 2 is 2.06 bits per heavy atom. The van der Waals surface area contributed by atoms with Crippen LogP contribution in [0.1, 0.15) is 18.9 Å². The molecule has 0 unspecified atom stereocenters. The lowest BCUT2D eigenvalue weighted by Gasteiger charge is -2.27. The molecule has 4 nitrogen and oxygen atoms in total. The van der Waals surface area contributed by atoms with E-state index in [-0.39, 0.29) is 0 Å². The Hall–Kier alpha value is -1.20. The molecule has 18 heavy (non-hydrogen) atoms. The van der Waals surface area contributed by atoms with E-state index >= 15 is 0 Å². The summed E-state index contributed by atoms with van der Waals surface area (Å²) >= 11 is 5.10. The molecule has 1 aromatic rings. The monoisotopic (exact) mass is 266 g/mol. The standard InChI is InChI=1S/C13H22N4S/c1-4-7-17(9-8-16(2)3)12-10-15-6-5-11(12)13(14)18/h5-6,10H,4,7-9H2,1-3H3,(H2,14,18). The Kier molecular flexibility index (Phi) is 6.01. The van der Waals surface area contributed by atoms with E-state index in [1.54, 1.807) is 6.20 Å². The van der Waals surface area contributed by atoms with Crippen molar-refractivity contribution >= 4 is 22.9 Å². The molecule has 0 aliphatic carbocycles. The van der Waals surface area contributed by atoms with Crippen molar-refractivity contribution < 1.29 is 0 Å². The lowest BCUT2D eigenvalue weighted by Crippen LogP contribution is -2.33. The normalized spacial score (nSPS) is 10.7. The smallest absolute Gasteiger partial charge is 0.106 e. The molecular formula is C13H22N4S. The van der Waals surface area contributed by atoms with E-state index in [1.807, 2.05) is 12.3 Å². The second-order valence-corrected chi connectivity index (χ2v) is 4.99. The van der Waals surface area contributed by atoms with Crippen LogP contribution in [0.25, 0.3) is 0 Å². The molecule has 0 radical (unpaired) electrons. The fourth-order valence-electron chi connectivity index (χ4n) is 1.79. The highest BCUT2D eigenvalue weighted by Crippen LogP contribution is 2.19. The first-order chi connectivity index (χ1) is 8.56. The average molecular weight is 266 g/mol. The van der Waals surface area contributed by atoms with Gasteiger partial charge in [0, 0.05) is 31.4 Å². The number of anilines is 1. The molecule has 100 valence electrons. The van der Waals surface area contributed by atoms with Crippen molar-refractivity contribution in [2.24, 2.45) is 5.73 Å². The van der Waals surface area contributed by atoms with Crippen LogP contribution >= 0.6 is 12.2 Å². The SMILES string of the molecule is CCCN(CCN(C)C)c1cnccc1C(N)=S. The van der Waals surface area contributed by atoms with Gasteiger partial charge in [-0.2, -0.15) is 0 Å². The molecule has 0 amide bonds. The minimum absolute atomic E-state index is 0.429. The van der Waals surface area contributed by atoms with Crippen LogP contribution < -0.4 is 10.6 Å². The number of nitrogens with two attached hydrogens (primary N) is 1. The van der Waals surface area contributed by atoms with Gasteiger partial charge < -0.3 is 15.5 Å². The molecule has 0 aliphatic heterocycles. The van der Waals surface area contributed by atoms with Crippen molar-refractivity contribution in [3.05, 3.63) is 24.0 Å². The van der Waals surface area contributed by atoms with Gasteiger partial charge in [-0.25, -0.2) is 0 Å². The van der Waals surface area contributed by atoms with Gasteiger partial charge in [0.2, 0.25) is 0 Å². The Labute approximate surface area is 115 Å². The van der Waals surface area contributed by atoms with Crippen LogP contribution in [0.5, 0.6) is 0 Å². The summed E-state index contributed by atoms with van der Waals surface area (Å²) in [6.45, 7) is 5.09. The van der Waals surface area contributed by atoms with Crippen molar-refractivity contribution in [3.8, 4) is 0 Å². The van der Waals surface area contributed by atoms with E-state index < -0.39 is 0 Å².